The number of nitrogens with zero attached hydrogens (tertiary/aromatic N) is 6. The Morgan fingerprint density at radius 2 is 1.82 bits per heavy atom. The van der Waals surface area contributed by atoms with Crippen molar-refractivity contribution in [1.82, 2.24) is 29.1 Å². The van der Waals surface area contributed by atoms with E-state index in [-0.39, 0.29) is 24.1 Å². The maximum Gasteiger partial charge on any atom is 0.410 e. The van der Waals surface area contributed by atoms with E-state index in [1.165, 1.54) is 5.69 Å². The van der Waals surface area contributed by atoms with Gasteiger partial charge in [0.2, 0.25) is 5.91 Å². The Hall–Kier alpha value is -3.14. The first kappa shape index (κ1) is 27.9. The molecular formula is C28H43N7O3. The van der Waals surface area contributed by atoms with E-state index in [2.05, 4.69) is 48.6 Å². The lowest BCUT2D eigenvalue weighted by Gasteiger charge is -2.32. The average molecular weight is 526 g/mol. The van der Waals surface area contributed by atoms with Crippen LogP contribution in [0.4, 0.5) is 10.6 Å². The average Bonchev–Trinajstić information content (AvgIpc) is 3.51. The van der Waals surface area contributed by atoms with Crippen molar-refractivity contribution >= 4 is 23.5 Å². The van der Waals surface area contributed by atoms with Crippen molar-refractivity contribution in [2.75, 3.05) is 52.1 Å². The van der Waals surface area contributed by atoms with Crippen LogP contribution >= 0.6 is 0 Å². The highest BCUT2D eigenvalue weighted by Gasteiger charge is 2.31. The number of rotatable bonds is 8. The van der Waals surface area contributed by atoms with Crippen LogP contribution in [0.1, 0.15) is 70.2 Å². The second-order valence-corrected chi connectivity index (χ2v) is 11.3. The molecule has 10 heteroatoms. The fourth-order valence-electron chi connectivity index (χ4n) is 4.94. The monoisotopic (exact) mass is 525 g/mol. The number of piperidine rings is 1. The Morgan fingerprint density at radius 3 is 2.47 bits per heavy atom. The molecule has 4 heterocycles. The summed E-state index contributed by atoms with van der Waals surface area (Å²) in [5.74, 6) is 1.44. The molecule has 0 saturated carbocycles. The topological polar surface area (TPSA) is 95.3 Å². The number of fused-ring (bicyclic) bond motifs is 1. The van der Waals surface area contributed by atoms with E-state index in [0.29, 0.717) is 51.0 Å². The predicted octanol–water partition coefficient (Wildman–Crippen LogP) is 3.71. The normalized spacial score (nSPS) is 19.0. The minimum atomic E-state index is -0.289. The number of ether oxygens (including phenoxy) is 1. The molecule has 0 bridgehead atoms. The van der Waals surface area contributed by atoms with Gasteiger partial charge in [0, 0.05) is 62.8 Å². The zero-order valence-electron chi connectivity index (χ0n) is 23.7. The van der Waals surface area contributed by atoms with Crippen molar-refractivity contribution < 1.29 is 14.3 Å². The summed E-state index contributed by atoms with van der Waals surface area (Å²) >= 11 is 0. The summed E-state index contributed by atoms with van der Waals surface area (Å²) < 4.78 is 7.93. The van der Waals surface area contributed by atoms with E-state index >= 15 is 0 Å². The number of nitrogens with one attached hydrogen (secondary N) is 1. The van der Waals surface area contributed by atoms with Gasteiger partial charge < -0.3 is 24.8 Å². The second kappa shape index (κ2) is 12.1. The molecule has 1 atom stereocenters. The van der Waals surface area contributed by atoms with E-state index in [4.69, 9.17) is 9.72 Å². The molecule has 1 N–H and O–H groups in total. The third kappa shape index (κ3) is 6.64. The maximum absolute atomic E-state index is 12.8. The molecule has 2 aliphatic heterocycles. The predicted molar refractivity (Wildman–Crippen MR) is 149 cm³/mol. The molecule has 38 heavy (non-hydrogen) atoms. The minimum absolute atomic E-state index is 0.0282. The highest BCUT2D eigenvalue weighted by atomic mass is 16.6. The zero-order chi connectivity index (χ0) is 27.4. The van der Waals surface area contributed by atoms with Gasteiger partial charge in [0.25, 0.3) is 0 Å². The van der Waals surface area contributed by atoms with Gasteiger partial charge in [0.05, 0.1) is 12.2 Å². The molecule has 208 valence electrons. The van der Waals surface area contributed by atoms with E-state index in [0.717, 1.165) is 30.0 Å². The lowest BCUT2D eigenvalue weighted by molar-refractivity contribution is -0.125. The van der Waals surface area contributed by atoms with Gasteiger partial charge in [-0.05, 0) is 38.8 Å². The van der Waals surface area contributed by atoms with Crippen molar-refractivity contribution in [3.8, 4) is 0 Å². The first-order valence-corrected chi connectivity index (χ1v) is 13.8. The molecule has 2 aromatic rings. The summed E-state index contributed by atoms with van der Waals surface area (Å²) in [6.07, 6.45) is 9.24. The van der Waals surface area contributed by atoms with Crippen LogP contribution in [0.25, 0.3) is 5.65 Å². The van der Waals surface area contributed by atoms with E-state index in [1.807, 2.05) is 31.3 Å². The third-order valence-electron chi connectivity index (χ3n) is 7.27. The lowest BCUT2D eigenvalue weighted by Crippen LogP contribution is -2.44. The fraction of sp³-hybridized carbons (Fsp3) is 0.643. The molecule has 2 saturated heterocycles. The van der Waals surface area contributed by atoms with Crippen molar-refractivity contribution in [2.24, 2.45) is 0 Å². The standard InChI is InChI=1S/C28H43N7O3/c1-19(2)23-18-35-24(20(3)4)16-29-27(35)26(31-23)30-21-9-13-33(14-10-21)28(37)38-22-11-15-34(17-22)25(36)8-7-12-32(5)6/h7-8,16,18-22H,9-15,17H2,1-6H3,(H,30,31)/b8-7+/t22-/m0/s1. The summed E-state index contributed by atoms with van der Waals surface area (Å²) in [5, 5.41) is 3.62. The molecule has 10 nitrogen and oxygen atoms in total. The molecule has 2 aliphatic rings. The Morgan fingerprint density at radius 1 is 1.11 bits per heavy atom. The quantitative estimate of drug-likeness (QED) is 0.525. The molecule has 2 amide bonds. The number of carbonyl (C=O) groups is 2. The summed E-state index contributed by atoms with van der Waals surface area (Å²) in [7, 11) is 3.92. The minimum Gasteiger partial charge on any atom is -0.444 e. The number of likely N-dealkylation sites (tertiary alicyclic amines) is 2. The Bertz CT molecular complexity index is 1150. The summed E-state index contributed by atoms with van der Waals surface area (Å²) in [5.41, 5.74) is 3.04. The van der Waals surface area contributed by atoms with Crippen LogP contribution in [0.3, 0.4) is 0 Å². The number of carbonyl (C=O) groups excluding carboxylic acids is 2. The smallest absolute Gasteiger partial charge is 0.410 e. The maximum atomic E-state index is 12.8. The molecule has 4 rings (SSSR count). The van der Waals surface area contributed by atoms with Crippen LogP contribution in [-0.4, -0.2) is 100 Å². The van der Waals surface area contributed by atoms with Crippen molar-refractivity contribution in [3.05, 3.63) is 35.9 Å². The summed E-state index contributed by atoms with van der Waals surface area (Å²) in [6, 6.07) is 0.200. The molecule has 0 unspecified atom stereocenters. The van der Waals surface area contributed by atoms with Crippen molar-refractivity contribution in [1.29, 1.82) is 0 Å². The summed E-state index contributed by atoms with van der Waals surface area (Å²) in [4.78, 5) is 40.3. The van der Waals surface area contributed by atoms with Crippen LogP contribution in [0.5, 0.6) is 0 Å². The van der Waals surface area contributed by atoms with Gasteiger partial charge in [-0.25, -0.2) is 14.8 Å². The van der Waals surface area contributed by atoms with Gasteiger partial charge in [-0.3, -0.25) is 9.20 Å². The molecule has 0 radical (unpaired) electrons. The third-order valence-corrected chi connectivity index (χ3v) is 7.27. The number of hydrogen-bond donors (Lipinski definition) is 1. The first-order chi connectivity index (χ1) is 18.1. The first-order valence-electron chi connectivity index (χ1n) is 13.8. The van der Waals surface area contributed by atoms with Gasteiger partial charge in [0.1, 0.15) is 6.10 Å². The van der Waals surface area contributed by atoms with Gasteiger partial charge in [-0.15, -0.1) is 0 Å². The summed E-state index contributed by atoms with van der Waals surface area (Å²) in [6.45, 7) is 11.6. The van der Waals surface area contributed by atoms with Crippen LogP contribution < -0.4 is 5.32 Å². The molecule has 0 aliphatic carbocycles. The highest BCUT2D eigenvalue weighted by Crippen LogP contribution is 2.26. The van der Waals surface area contributed by atoms with Crippen LogP contribution in [0, 0.1) is 0 Å². The highest BCUT2D eigenvalue weighted by molar-refractivity contribution is 5.87. The number of amides is 2. The number of aromatic nitrogens is 3. The van der Waals surface area contributed by atoms with Gasteiger partial charge >= 0.3 is 6.09 Å². The van der Waals surface area contributed by atoms with E-state index in [1.54, 1.807) is 15.9 Å². The van der Waals surface area contributed by atoms with Crippen molar-refractivity contribution in [3.63, 3.8) is 0 Å². The van der Waals surface area contributed by atoms with Gasteiger partial charge in [-0.1, -0.05) is 33.8 Å². The SMILES string of the molecule is CC(C)c1cn2c(C(C)C)cnc2c(NC2CCN(C(=O)O[C@H]3CCN(C(=O)/C=C/CN(C)C)C3)CC2)n1. The molecule has 2 aromatic heterocycles. The Labute approximate surface area is 226 Å². The number of likely N-dealkylation sites (N-methyl/N-ethyl adjacent to an activating group) is 1. The Kier molecular flexibility index (Phi) is 8.91. The number of anilines is 1. The zero-order valence-corrected chi connectivity index (χ0v) is 23.7. The van der Waals surface area contributed by atoms with Crippen LogP contribution in [0.2, 0.25) is 0 Å². The molecule has 0 spiro atoms. The molecular weight excluding hydrogens is 482 g/mol. The second-order valence-electron chi connectivity index (χ2n) is 11.3. The van der Waals surface area contributed by atoms with Gasteiger partial charge in [-0.2, -0.15) is 0 Å². The molecule has 0 aromatic carbocycles. The van der Waals surface area contributed by atoms with Crippen LogP contribution in [0.15, 0.2) is 24.5 Å². The Balaban J connectivity index is 1.30. The molecule has 2 fully saturated rings. The number of hydrogen-bond acceptors (Lipinski definition) is 7. The fourth-order valence-corrected chi connectivity index (χ4v) is 4.94. The largest absolute Gasteiger partial charge is 0.444 e. The number of imidazole rings is 1. The van der Waals surface area contributed by atoms with Crippen LogP contribution in [-0.2, 0) is 9.53 Å². The van der Waals surface area contributed by atoms with E-state index < -0.39 is 0 Å². The van der Waals surface area contributed by atoms with Crippen molar-refractivity contribution in [2.45, 2.75) is 70.9 Å². The van der Waals surface area contributed by atoms with E-state index in [9.17, 15) is 9.59 Å². The van der Waals surface area contributed by atoms with Gasteiger partial charge in [0.15, 0.2) is 11.5 Å². The lowest BCUT2D eigenvalue weighted by atomic mass is 10.1.